The molecule has 104 valence electrons. The van der Waals surface area contributed by atoms with Crippen molar-refractivity contribution in [2.75, 3.05) is 14.2 Å². The lowest BCUT2D eigenvalue weighted by atomic mass is 9.81. The molecule has 0 aliphatic carbocycles. The van der Waals surface area contributed by atoms with Crippen LogP contribution in [0.4, 0.5) is 0 Å². The van der Waals surface area contributed by atoms with E-state index in [9.17, 15) is 9.59 Å². The van der Waals surface area contributed by atoms with Crippen LogP contribution in [-0.4, -0.2) is 31.1 Å². The summed E-state index contributed by atoms with van der Waals surface area (Å²) >= 11 is 0. The third-order valence-corrected chi connectivity index (χ3v) is 2.85. The van der Waals surface area contributed by atoms with E-state index in [1.807, 2.05) is 0 Å². The number of hydrogen-bond acceptors (Lipinski definition) is 4. The molecule has 0 fully saturated rings. The lowest BCUT2D eigenvalue weighted by molar-refractivity contribution is -0.138. The van der Waals surface area contributed by atoms with Crippen LogP contribution in [0.2, 0.25) is 0 Å². The summed E-state index contributed by atoms with van der Waals surface area (Å²) < 4.78 is 10.2. The highest BCUT2D eigenvalue weighted by atomic mass is 16.5. The number of benzene rings is 1. The first-order valence-electron chi connectivity index (χ1n) is 5.80. The molecule has 5 heteroatoms. The summed E-state index contributed by atoms with van der Waals surface area (Å²) in [4.78, 5) is 23.1. The van der Waals surface area contributed by atoms with Gasteiger partial charge in [0.2, 0.25) is 0 Å². The standard InChI is InChI=1S/C14H18O5/c1-14(2,8-12(15)16)13(17)9-5-6-10(18-3)11(7-9)19-4/h5-7H,8H2,1-4H3,(H,15,16). The molecule has 0 unspecified atom stereocenters. The first kappa shape index (κ1) is 15.0. The first-order valence-corrected chi connectivity index (χ1v) is 5.80. The van der Waals surface area contributed by atoms with E-state index < -0.39 is 11.4 Å². The maximum atomic E-state index is 12.3. The summed E-state index contributed by atoms with van der Waals surface area (Å²) in [5.74, 6) is -0.274. The van der Waals surface area contributed by atoms with Crippen LogP contribution in [-0.2, 0) is 4.79 Å². The quantitative estimate of drug-likeness (QED) is 0.800. The number of Topliss-reactive ketones (excluding diaryl/α,β-unsaturated/α-hetero) is 1. The van der Waals surface area contributed by atoms with Crippen molar-refractivity contribution in [1.82, 2.24) is 0 Å². The molecule has 0 aliphatic rings. The van der Waals surface area contributed by atoms with E-state index in [2.05, 4.69) is 0 Å². The summed E-state index contributed by atoms with van der Waals surface area (Å²) in [6.45, 7) is 3.22. The summed E-state index contributed by atoms with van der Waals surface area (Å²) in [7, 11) is 2.99. The number of carboxylic acids is 1. The lowest BCUT2D eigenvalue weighted by Gasteiger charge is -2.21. The van der Waals surface area contributed by atoms with Crippen LogP contribution in [0.3, 0.4) is 0 Å². The number of carboxylic acid groups (broad SMARTS) is 1. The minimum absolute atomic E-state index is 0.222. The molecule has 0 amide bonds. The third kappa shape index (κ3) is 3.47. The Kier molecular flexibility index (Phi) is 4.53. The van der Waals surface area contributed by atoms with E-state index >= 15 is 0 Å². The normalized spacial score (nSPS) is 10.9. The zero-order valence-corrected chi connectivity index (χ0v) is 11.5. The summed E-state index contributed by atoms with van der Waals surface area (Å²) in [6.07, 6.45) is -0.222. The molecular weight excluding hydrogens is 248 g/mol. The summed E-state index contributed by atoms with van der Waals surface area (Å²) in [6, 6.07) is 4.79. The van der Waals surface area contributed by atoms with Crippen molar-refractivity contribution in [1.29, 1.82) is 0 Å². The Morgan fingerprint density at radius 1 is 1.16 bits per heavy atom. The highest BCUT2D eigenvalue weighted by Crippen LogP contribution is 2.32. The van der Waals surface area contributed by atoms with Crippen LogP contribution < -0.4 is 9.47 Å². The molecule has 0 radical (unpaired) electrons. The van der Waals surface area contributed by atoms with Gasteiger partial charge < -0.3 is 14.6 Å². The van der Waals surface area contributed by atoms with E-state index in [1.165, 1.54) is 14.2 Å². The van der Waals surface area contributed by atoms with E-state index in [0.29, 0.717) is 17.1 Å². The fourth-order valence-electron chi connectivity index (χ4n) is 1.83. The van der Waals surface area contributed by atoms with Gasteiger partial charge in [-0.05, 0) is 18.2 Å². The van der Waals surface area contributed by atoms with Crippen molar-refractivity contribution in [2.24, 2.45) is 5.41 Å². The van der Waals surface area contributed by atoms with Crippen LogP contribution in [0.5, 0.6) is 11.5 Å². The Labute approximate surface area is 112 Å². The molecule has 19 heavy (non-hydrogen) atoms. The molecule has 0 bridgehead atoms. The molecule has 1 N–H and O–H groups in total. The Morgan fingerprint density at radius 2 is 1.74 bits per heavy atom. The molecule has 1 aromatic rings. The van der Waals surface area contributed by atoms with Crippen molar-refractivity contribution >= 4 is 11.8 Å². The highest BCUT2D eigenvalue weighted by molar-refractivity contribution is 6.02. The molecule has 5 nitrogen and oxygen atoms in total. The monoisotopic (exact) mass is 266 g/mol. The number of carbonyl (C=O) groups excluding carboxylic acids is 1. The molecule has 0 heterocycles. The largest absolute Gasteiger partial charge is 0.493 e. The van der Waals surface area contributed by atoms with E-state index in [4.69, 9.17) is 14.6 Å². The van der Waals surface area contributed by atoms with Gasteiger partial charge in [-0.3, -0.25) is 9.59 Å². The Hall–Kier alpha value is -2.04. The van der Waals surface area contributed by atoms with Crippen molar-refractivity contribution in [3.05, 3.63) is 23.8 Å². The molecular formula is C14H18O5. The van der Waals surface area contributed by atoms with Crippen molar-refractivity contribution in [3.63, 3.8) is 0 Å². The third-order valence-electron chi connectivity index (χ3n) is 2.85. The second-order valence-corrected chi connectivity index (χ2v) is 4.85. The van der Waals surface area contributed by atoms with Crippen LogP contribution in [0.1, 0.15) is 30.6 Å². The SMILES string of the molecule is COc1ccc(C(=O)C(C)(C)CC(=O)O)cc1OC. The second-order valence-electron chi connectivity index (χ2n) is 4.85. The lowest BCUT2D eigenvalue weighted by Crippen LogP contribution is -2.27. The smallest absolute Gasteiger partial charge is 0.304 e. The number of ketones is 1. The number of carbonyl (C=O) groups is 2. The van der Waals surface area contributed by atoms with Gasteiger partial charge in [0.1, 0.15) is 0 Å². The predicted octanol–water partition coefficient (Wildman–Crippen LogP) is 2.39. The van der Waals surface area contributed by atoms with Gasteiger partial charge in [0.25, 0.3) is 0 Å². The number of ether oxygens (including phenoxy) is 2. The molecule has 1 aromatic carbocycles. The molecule has 0 saturated heterocycles. The van der Waals surface area contributed by atoms with Gasteiger partial charge in [0, 0.05) is 11.0 Å². The molecule has 0 spiro atoms. The van der Waals surface area contributed by atoms with Gasteiger partial charge in [-0.2, -0.15) is 0 Å². The minimum Gasteiger partial charge on any atom is -0.493 e. The van der Waals surface area contributed by atoms with E-state index in [1.54, 1.807) is 32.0 Å². The van der Waals surface area contributed by atoms with E-state index in [-0.39, 0.29) is 12.2 Å². The van der Waals surface area contributed by atoms with E-state index in [0.717, 1.165) is 0 Å². The topological polar surface area (TPSA) is 72.8 Å². The summed E-state index contributed by atoms with van der Waals surface area (Å²) in [5, 5.41) is 8.83. The molecule has 0 saturated carbocycles. The summed E-state index contributed by atoms with van der Waals surface area (Å²) in [5.41, 5.74) is -0.560. The first-order chi connectivity index (χ1) is 8.81. The number of hydrogen-bond donors (Lipinski definition) is 1. The fourth-order valence-corrected chi connectivity index (χ4v) is 1.83. The molecule has 0 aromatic heterocycles. The van der Waals surface area contributed by atoms with Gasteiger partial charge in [-0.25, -0.2) is 0 Å². The van der Waals surface area contributed by atoms with Crippen LogP contribution in [0, 0.1) is 5.41 Å². The van der Waals surface area contributed by atoms with Gasteiger partial charge in [-0.1, -0.05) is 13.8 Å². The minimum atomic E-state index is -1.00. The van der Waals surface area contributed by atoms with Crippen LogP contribution >= 0.6 is 0 Å². The fraction of sp³-hybridized carbons (Fsp3) is 0.429. The maximum Gasteiger partial charge on any atom is 0.304 e. The van der Waals surface area contributed by atoms with Gasteiger partial charge in [-0.15, -0.1) is 0 Å². The number of methoxy groups -OCH3 is 2. The Bertz CT molecular complexity index is 491. The highest BCUT2D eigenvalue weighted by Gasteiger charge is 2.31. The number of aliphatic carboxylic acids is 1. The second kappa shape index (κ2) is 5.73. The zero-order chi connectivity index (χ0) is 14.6. The molecule has 0 aliphatic heterocycles. The Balaban J connectivity index is 3.09. The van der Waals surface area contributed by atoms with Gasteiger partial charge >= 0.3 is 5.97 Å². The Morgan fingerprint density at radius 3 is 2.21 bits per heavy atom. The molecule has 0 atom stereocenters. The van der Waals surface area contributed by atoms with Crippen LogP contribution in [0.15, 0.2) is 18.2 Å². The van der Waals surface area contributed by atoms with Crippen molar-refractivity contribution in [2.45, 2.75) is 20.3 Å². The van der Waals surface area contributed by atoms with Crippen LogP contribution in [0.25, 0.3) is 0 Å². The average Bonchev–Trinajstić information content (AvgIpc) is 2.35. The van der Waals surface area contributed by atoms with Crippen molar-refractivity contribution in [3.8, 4) is 11.5 Å². The maximum absolute atomic E-state index is 12.3. The van der Waals surface area contributed by atoms with Gasteiger partial charge in [0.05, 0.1) is 20.6 Å². The average molecular weight is 266 g/mol. The van der Waals surface area contributed by atoms with Gasteiger partial charge in [0.15, 0.2) is 17.3 Å². The van der Waals surface area contributed by atoms with Crippen molar-refractivity contribution < 1.29 is 24.2 Å². The zero-order valence-electron chi connectivity index (χ0n) is 11.5. The molecule has 1 rings (SSSR count). The number of rotatable bonds is 6. The predicted molar refractivity (Wildman–Crippen MR) is 69.9 cm³/mol.